The van der Waals surface area contributed by atoms with Crippen LogP contribution in [0.5, 0.6) is 0 Å². The Kier molecular flexibility index (Phi) is 3.82. The highest BCUT2D eigenvalue weighted by Gasteiger charge is 2.36. The van der Waals surface area contributed by atoms with Gasteiger partial charge in [-0.2, -0.15) is 0 Å². The molecule has 3 aliphatic rings. The predicted octanol–water partition coefficient (Wildman–Crippen LogP) is 3.04. The highest BCUT2D eigenvalue weighted by Crippen LogP contribution is 2.31. The van der Waals surface area contributed by atoms with Gasteiger partial charge in [-0.3, -0.25) is 0 Å². The van der Waals surface area contributed by atoms with Crippen LogP contribution in [-0.4, -0.2) is 19.6 Å². The molecular weight excluding hydrogens is 266 g/mol. The number of fused-ring (bicyclic) bond motifs is 3. The molecule has 2 bridgehead atoms. The molecule has 3 heterocycles. The van der Waals surface area contributed by atoms with Crippen LogP contribution in [0.25, 0.3) is 5.57 Å². The van der Waals surface area contributed by atoms with Gasteiger partial charge < -0.3 is 4.90 Å². The molecule has 1 atom stereocenters. The molecule has 1 nitrogen and oxygen atoms in total. The molecule has 0 unspecified atom stereocenters. The Hall–Kier alpha value is -1.86. The Labute approximate surface area is 133 Å². The maximum atomic E-state index is 2.58. The molecule has 3 saturated heterocycles. The van der Waals surface area contributed by atoms with Crippen LogP contribution >= 0.6 is 0 Å². The normalized spacial score (nSPS) is 26.6. The minimum Gasteiger partial charge on any atom is -0.334 e. The van der Waals surface area contributed by atoms with Gasteiger partial charge >= 0.3 is 0 Å². The van der Waals surface area contributed by atoms with Crippen LogP contribution in [0.3, 0.4) is 0 Å². The summed E-state index contributed by atoms with van der Waals surface area (Å²) in [7, 11) is 0. The number of nitrogens with one attached hydrogen (secondary N) is 1. The van der Waals surface area contributed by atoms with Crippen LogP contribution < -0.4 is 4.90 Å². The lowest BCUT2D eigenvalue weighted by atomic mass is 9.77. The monoisotopic (exact) mass is 290 g/mol. The third-order valence-corrected chi connectivity index (χ3v) is 5.42. The van der Waals surface area contributed by atoms with Gasteiger partial charge in [0.2, 0.25) is 0 Å². The summed E-state index contributed by atoms with van der Waals surface area (Å²) in [6, 6.07) is 21.8. The van der Waals surface area contributed by atoms with Gasteiger partial charge in [0.1, 0.15) is 0 Å². The number of hydrogen-bond donors (Lipinski definition) is 1. The maximum absolute atomic E-state index is 2.58. The minimum atomic E-state index is 0.743. The Morgan fingerprint density at radius 1 is 0.818 bits per heavy atom. The summed E-state index contributed by atoms with van der Waals surface area (Å²) in [6.07, 6.45) is 5.40. The highest BCUT2D eigenvalue weighted by atomic mass is 15.1. The third kappa shape index (κ3) is 2.74. The second-order valence-corrected chi connectivity index (χ2v) is 6.77. The van der Waals surface area contributed by atoms with E-state index in [1.807, 2.05) is 4.90 Å². The summed E-state index contributed by atoms with van der Waals surface area (Å²) in [5.74, 6) is 1.65. The molecule has 0 radical (unpaired) electrons. The van der Waals surface area contributed by atoms with Gasteiger partial charge in [0.15, 0.2) is 0 Å². The molecule has 0 saturated carbocycles. The molecule has 22 heavy (non-hydrogen) atoms. The van der Waals surface area contributed by atoms with Crippen LogP contribution in [0, 0.1) is 11.8 Å². The Balaban J connectivity index is 1.73. The van der Waals surface area contributed by atoms with Gasteiger partial charge in [-0.25, -0.2) is 0 Å². The molecule has 1 heteroatoms. The topological polar surface area (TPSA) is 4.44 Å². The van der Waals surface area contributed by atoms with Crippen molar-refractivity contribution in [3.8, 4) is 0 Å². The summed E-state index contributed by atoms with van der Waals surface area (Å²) in [5.41, 5.74) is 4.11. The van der Waals surface area contributed by atoms with E-state index in [1.165, 1.54) is 49.2 Å². The first-order valence-corrected chi connectivity index (χ1v) is 8.56. The highest BCUT2D eigenvalue weighted by molar-refractivity contribution is 5.79. The number of piperidine rings is 3. The van der Waals surface area contributed by atoms with Crippen molar-refractivity contribution in [2.45, 2.75) is 12.8 Å². The fraction of sp³-hybridized carbons (Fsp3) is 0.333. The van der Waals surface area contributed by atoms with Crippen molar-refractivity contribution in [1.82, 2.24) is 0 Å². The van der Waals surface area contributed by atoms with E-state index in [1.54, 1.807) is 0 Å². The molecule has 0 amide bonds. The van der Waals surface area contributed by atoms with Gasteiger partial charge in [0.25, 0.3) is 0 Å². The van der Waals surface area contributed by atoms with Crippen molar-refractivity contribution in [2.24, 2.45) is 11.8 Å². The summed E-state index contributed by atoms with van der Waals surface area (Å²) < 4.78 is 0. The van der Waals surface area contributed by atoms with Crippen molar-refractivity contribution in [1.29, 1.82) is 0 Å². The van der Waals surface area contributed by atoms with E-state index >= 15 is 0 Å². The molecule has 112 valence electrons. The molecular formula is C21H24N+. The first-order chi connectivity index (χ1) is 10.9. The lowest BCUT2D eigenvalue weighted by molar-refractivity contribution is -0.920. The number of hydrogen-bond acceptors (Lipinski definition) is 0. The largest absolute Gasteiger partial charge is 0.334 e. The molecule has 2 aromatic carbocycles. The Bertz CT molecular complexity index is 595. The average Bonchev–Trinajstić information content (AvgIpc) is 2.62. The summed E-state index contributed by atoms with van der Waals surface area (Å²) in [4.78, 5) is 1.81. The average molecular weight is 290 g/mol. The predicted molar refractivity (Wildman–Crippen MR) is 91.7 cm³/mol. The van der Waals surface area contributed by atoms with Gasteiger partial charge in [0.05, 0.1) is 19.6 Å². The van der Waals surface area contributed by atoms with Gasteiger partial charge in [-0.15, -0.1) is 0 Å². The smallest absolute Gasteiger partial charge is 0.0837 e. The first-order valence-electron chi connectivity index (χ1n) is 8.56. The molecule has 2 aromatic rings. The van der Waals surface area contributed by atoms with Crippen LogP contribution in [0.15, 0.2) is 66.7 Å². The van der Waals surface area contributed by atoms with Crippen molar-refractivity contribution in [3.05, 3.63) is 77.9 Å². The Morgan fingerprint density at radius 2 is 1.36 bits per heavy atom. The fourth-order valence-electron chi connectivity index (χ4n) is 4.18. The van der Waals surface area contributed by atoms with Crippen molar-refractivity contribution in [2.75, 3.05) is 19.6 Å². The van der Waals surface area contributed by atoms with E-state index < -0.39 is 0 Å². The van der Waals surface area contributed by atoms with Crippen LogP contribution in [0.1, 0.15) is 24.0 Å². The number of rotatable bonds is 3. The van der Waals surface area contributed by atoms with E-state index in [-0.39, 0.29) is 0 Å². The second-order valence-electron chi connectivity index (χ2n) is 6.77. The van der Waals surface area contributed by atoms with Crippen molar-refractivity contribution >= 4 is 5.57 Å². The zero-order chi connectivity index (χ0) is 14.8. The standard InChI is InChI=1S/C21H23N/c1-3-7-18(8-4-1)21(19-9-5-2-6-10-19)15-20-16-22-13-11-17(20)12-14-22/h1-10,15,17,20H,11-14,16H2/p+1/t20-/m1/s1. The minimum absolute atomic E-state index is 0.743. The van der Waals surface area contributed by atoms with E-state index in [0.29, 0.717) is 0 Å². The molecule has 3 fully saturated rings. The Morgan fingerprint density at radius 3 is 1.82 bits per heavy atom. The number of quaternary nitrogens is 1. The lowest BCUT2D eigenvalue weighted by Crippen LogP contribution is -3.15. The SMILES string of the molecule is C(=C(c1ccccc1)c1ccccc1)[C@@H]1C[NH+]2CCC1CC2. The van der Waals surface area contributed by atoms with E-state index in [9.17, 15) is 0 Å². The van der Waals surface area contributed by atoms with Crippen molar-refractivity contribution < 1.29 is 4.90 Å². The molecule has 5 rings (SSSR count). The maximum Gasteiger partial charge on any atom is 0.0837 e. The number of benzene rings is 2. The second kappa shape index (κ2) is 6.10. The summed E-state index contributed by atoms with van der Waals surface area (Å²) in [6.45, 7) is 4.11. The van der Waals surface area contributed by atoms with Crippen LogP contribution in [0.4, 0.5) is 0 Å². The molecule has 1 N–H and O–H groups in total. The lowest BCUT2D eigenvalue weighted by Gasteiger charge is -2.41. The summed E-state index contributed by atoms with van der Waals surface area (Å²) in [5, 5.41) is 0. The van der Waals surface area contributed by atoms with Crippen LogP contribution in [-0.2, 0) is 0 Å². The molecule has 0 aliphatic carbocycles. The van der Waals surface area contributed by atoms with Gasteiger partial charge in [-0.05, 0) is 22.6 Å². The molecule has 0 spiro atoms. The van der Waals surface area contributed by atoms with E-state index in [2.05, 4.69) is 66.7 Å². The fourth-order valence-corrected chi connectivity index (χ4v) is 4.18. The van der Waals surface area contributed by atoms with Crippen molar-refractivity contribution in [3.63, 3.8) is 0 Å². The quantitative estimate of drug-likeness (QED) is 0.886. The molecule has 3 aliphatic heterocycles. The zero-order valence-corrected chi connectivity index (χ0v) is 13.0. The summed E-state index contributed by atoms with van der Waals surface area (Å²) >= 11 is 0. The van der Waals surface area contributed by atoms with E-state index in [4.69, 9.17) is 0 Å². The molecule has 0 aromatic heterocycles. The van der Waals surface area contributed by atoms with E-state index in [0.717, 1.165) is 11.8 Å². The third-order valence-electron chi connectivity index (χ3n) is 5.42. The van der Waals surface area contributed by atoms with Crippen LogP contribution in [0.2, 0.25) is 0 Å². The van der Waals surface area contributed by atoms with Gasteiger partial charge in [-0.1, -0.05) is 66.7 Å². The zero-order valence-electron chi connectivity index (χ0n) is 13.0. The van der Waals surface area contributed by atoms with Gasteiger partial charge in [0, 0.05) is 18.8 Å². The first kappa shape index (κ1) is 13.8.